The zero-order valence-electron chi connectivity index (χ0n) is 15.1. The van der Waals surface area contributed by atoms with Crippen LogP contribution in [0, 0.1) is 6.92 Å². The van der Waals surface area contributed by atoms with Gasteiger partial charge in [0.05, 0.1) is 18.7 Å². The number of carbonyl (C=O) groups excluding carboxylic acids is 1. The fraction of sp³-hybridized carbons (Fsp3) is 0.316. The van der Waals surface area contributed by atoms with Crippen molar-refractivity contribution in [3.8, 4) is 0 Å². The lowest BCUT2D eigenvalue weighted by atomic mass is 10.1. The highest BCUT2D eigenvalue weighted by Crippen LogP contribution is 2.14. The minimum Gasteiger partial charge on any atom is -0.379 e. The van der Waals surface area contributed by atoms with E-state index in [2.05, 4.69) is 15.6 Å². The van der Waals surface area contributed by atoms with Gasteiger partial charge in [-0.1, -0.05) is 12.1 Å². The average molecular weight is 370 g/mol. The monoisotopic (exact) mass is 370 g/mol. The average Bonchev–Trinajstić information content (AvgIpc) is 2.95. The molecule has 1 amide bonds. The van der Waals surface area contributed by atoms with E-state index in [1.54, 1.807) is 10.5 Å². The van der Waals surface area contributed by atoms with E-state index < -0.39 is 0 Å². The van der Waals surface area contributed by atoms with Gasteiger partial charge >= 0.3 is 0 Å². The number of aryl methyl sites for hydroxylation is 1. The minimum atomic E-state index is -0.0583. The third-order valence-electron chi connectivity index (χ3n) is 3.87. The van der Waals surface area contributed by atoms with Crippen molar-refractivity contribution in [2.45, 2.75) is 39.8 Å². The van der Waals surface area contributed by atoms with Crippen LogP contribution in [0.25, 0.3) is 4.96 Å². The Labute approximate surface area is 155 Å². The molecule has 0 saturated heterocycles. The molecule has 0 aliphatic heterocycles. The van der Waals surface area contributed by atoms with Gasteiger partial charge in [0.15, 0.2) is 4.96 Å². The molecule has 3 aromatic rings. The van der Waals surface area contributed by atoms with Crippen LogP contribution in [-0.2, 0) is 17.8 Å². The Hall–Kier alpha value is -2.67. The standard InChI is InChI=1S/C19H22N4O2S/c1-12(2)21-17(24)8-14-4-6-15(7-5-14)20-10-16-9-18(25)23-13(3)11-26-19(23)22-16/h4-7,9,11-12,20H,8,10H2,1-3H3,(H,21,24). The molecule has 1 aromatic carbocycles. The summed E-state index contributed by atoms with van der Waals surface area (Å²) in [7, 11) is 0. The molecular weight excluding hydrogens is 348 g/mol. The number of nitrogens with zero attached hydrogens (tertiary/aromatic N) is 2. The first-order valence-electron chi connectivity index (χ1n) is 8.51. The van der Waals surface area contributed by atoms with Gasteiger partial charge in [-0.2, -0.15) is 0 Å². The molecule has 6 nitrogen and oxygen atoms in total. The Morgan fingerprint density at radius 2 is 2.00 bits per heavy atom. The van der Waals surface area contributed by atoms with Crippen LogP contribution in [0.15, 0.2) is 40.5 Å². The minimum absolute atomic E-state index is 0.0185. The number of amides is 1. The molecular formula is C19H22N4O2S. The van der Waals surface area contributed by atoms with Crippen molar-refractivity contribution in [1.82, 2.24) is 14.7 Å². The fourth-order valence-electron chi connectivity index (χ4n) is 2.68. The second-order valence-electron chi connectivity index (χ2n) is 6.53. The zero-order valence-corrected chi connectivity index (χ0v) is 15.9. The van der Waals surface area contributed by atoms with Gasteiger partial charge in [0, 0.05) is 28.9 Å². The number of anilines is 1. The molecule has 26 heavy (non-hydrogen) atoms. The van der Waals surface area contributed by atoms with Crippen LogP contribution >= 0.6 is 11.3 Å². The van der Waals surface area contributed by atoms with Gasteiger partial charge in [-0.25, -0.2) is 4.98 Å². The summed E-state index contributed by atoms with van der Waals surface area (Å²) in [5.41, 5.74) is 3.43. The summed E-state index contributed by atoms with van der Waals surface area (Å²) in [5, 5.41) is 8.07. The maximum atomic E-state index is 12.2. The van der Waals surface area contributed by atoms with E-state index in [1.165, 1.54) is 11.3 Å². The summed E-state index contributed by atoms with van der Waals surface area (Å²) in [6.45, 7) is 6.25. The molecule has 0 fully saturated rings. The molecule has 2 aromatic heterocycles. The topological polar surface area (TPSA) is 75.5 Å². The number of benzene rings is 1. The number of hydrogen-bond acceptors (Lipinski definition) is 5. The zero-order chi connectivity index (χ0) is 18.7. The van der Waals surface area contributed by atoms with Crippen molar-refractivity contribution in [3.05, 3.63) is 63.0 Å². The fourth-order valence-corrected chi connectivity index (χ4v) is 3.57. The number of fused-ring (bicyclic) bond motifs is 1. The van der Waals surface area contributed by atoms with Crippen LogP contribution in [-0.4, -0.2) is 21.3 Å². The van der Waals surface area contributed by atoms with E-state index in [-0.39, 0.29) is 17.5 Å². The summed E-state index contributed by atoms with van der Waals surface area (Å²) >= 11 is 1.46. The molecule has 136 valence electrons. The van der Waals surface area contributed by atoms with Crippen molar-refractivity contribution < 1.29 is 4.79 Å². The van der Waals surface area contributed by atoms with Gasteiger partial charge < -0.3 is 10.6 Å². The Bertz CT molecular complexity index is 973. The first-order chi connectivity index (χ1) is 12.4. The van der Waals surface area contributed by atoms with Gasteiger partial charge in [-0.3, -0.25) is 14.0 Å². The van der Waals surface area contributed by atoms with Crippen molar-refractivity contribution in [3.63, 3.8) is 0 Å². The largest absolute Gasteiger partial charge is 0.379 e. The highest BCUT2D eigenvalue weighted by Gasteiger charge is 2.07. The van der Waals surface area contributed by atoms with Gasteiger partial charge in [0.25, 0.3) is 5.56 Å². The molecule has 0 aliphatic carbocycles. The first-order valence-corrected chi connectivity index (χ1v) is 9.39. The predicted octanol–water partition coefficient (Wildman–Crippen LogP) is 2.74. The molecule has 0 unspecified atom stereocenters. The van der Waals surface area contributed by atoms with Gasteiger partial charge in [-0.05, 0) is 38.5 Å². The van der Waals surface area contributed by atoms with Gasteiger partial charge in [0.2, 0.25) is 5.91 Å². The Kier molecular flexibility index (Phi) is 5.37. The third kappa shape index (κ3) is 4.29. The van der Waals surface area contributed by atoms with Crippen molar-refractivity contribution >= 4 is 27.9 Å². The van der Waals surface area contributed by atoms with Crippen LogP contribution in [0.3, 0.4) is 0 Å². The van der Waals surface area contributed by atoms with Crippen LogP contribution in [0.2, 0.25) is 0 Å². The van der Waals surface area contributed by atoms with E-state index in [0.717, 1.165) is 16.9 Å². The number of nitrogens with one attached hydrogen (secondary N) is 2. The molecule has 7 heteroatoms. The Morgan fingerprint density at radius 3 is 2.69 bits per heavy atom. The van der Waals surface area contributed by atoms with Gasteiger partial charge in [0.1, 0.15) is 0 Å². The highest BCUT2D eigenvalue weighted by molar-refractivity contribution is 7.15. The molecule has 0 aliphatic rings. The van der Waals surface area contributed by atoms with E-state index >= 15 is 0 Å². The van der Waals surface area contributed by atoms with E-state index in [4.69, 9.17) is 0 Å². The summed E-state index contributed by atoms with van der Waals surface area (Å²) in [4.78, 5) is 29.2. The summed E-state index contributed by atoms with van der Waals surface area (Å²) < 4.78 is 1.62. The SMILES string of the molecule is Cc1csc2nc(CNc3ccc(CC(=O)NC(C)C)cc3)cc(=O)n12. The highest BCUT2D eigenvalue weighted by atomic mass is 32.1. The second-order valence-corrected chi connectivity index (χ2v) is 7.37. The summed E-state index contributed by atoms with van der Waals surface area (Å²) in [6.07, 6.45) is 0.366. The van der Waals surface area contributed by atoms with Gasteiger partial charge in [-0.15, -0.1) is 11.3 Å². The van der Waals surface area contributed by atoms with Crippen molar-refractivity contribution in [2.24, 2.45) is 0 Å². The number of hydrogen-bond donors (Lipinski definition) is 2. The van der Waals surface area contributed by atoms with Crippen LogP contribution < -0.4 is 16.2 Å². The van der Waals surface area contributed by atoms with E-state index in [0.29, 0.717) is 23.6 Å². The lowest BCUT2D eigenvalue weighted by Gasteiger charge is -2.09. The molecule has 3 rings (SSSR count). The maximum absolute atomic E-state index is 12.2. The Morgan fingerprint density at radius 1 is 1.27 bits per heavy atom. The number of thiazole rings is 1. The lowest BCUT2D eigenvalue weighted by molar-refractivity contribution is -0.120. The first kappa shape index (κ1) is 18.1. The van der Waals surface area contributed by atoms with Crippen LogP contribution in [0.5, 0.6) is 0 Å². The van der Waals surface area contributed by atoms with Crippen molar-refractivity contribution in [2.75, 3.05) is 5.32 Å². The Balaban J connectivity index is 1.63. The number of rotatable bonds is 6. The predicted molar refractivity (Wildman–Crippen MR) is 105 cm³/mol. The van der Waals surface area contributed by atoms with Crippen LogP contribution in [0.4, 0.5) is 5.69 Å². The third-order valence-corrected chi connectivity index (χ3v) is 4.81. The number of carbonyl (C=O) groups is 1. The van der Waals surface area contributed by atoms with Crippen LogP contribution in [0.1, 0.15) is 30.8 Å². The quantitative estimate of drug-likeness (QED) is 0.700. The maximum Gasteiger partial charge on any atom is 0.259 e. The molecule has 0 spiro atoms. The normalized spacial score (nSPS) is 11.1. The summed E-state index contributed by atoms with van der Waals surface area (Å²) in [6, 6.07) is 9.42. The molecule has 2 heterocycles. The van der Waals surface area contributed by atoms with E-state index in [1.807, 2.05) is 50.4 Å². The van der Waals surface area contributed by atoms with Crippen molar-refractivity contribution in [1.29, 1.82) is 0 Å². The molecule has 0 atom stereocenters. The smallest absolute Gasteiger partial charge is 0.259 e. The second kappa shape index (κ2) is 7.70. The number of aromatic nitrogens is 2. The molecule has 0 saturated carbocycles. The summed E-state index contributed by atoms with van der Waals surface area (Å²) in [5.74, 6) is 0.0185. The molecule has 0 radical (unpaired) electrons. The lowest BCUT2D eigenvalue weighted by Crippen LogP contribution is -2.31. The molecule has 0 bridgehead atoms. The van der Waals surface area contributed by atoms with E-state index in [9.17, 15) is 9.59 Å². The molecule has 2 N–H and O–H groups in total.